The summed E-state index contributed by atoms with van der Waals surface area (Å²) in [6.45, 7) is 0.697. The molecular weight excluding hydrogens is 526 g/mol. The molecule has 6 rings (SSSR count). The van der Waals surface area contributed by atoms with Gasteiger partial charge in [-0.2, -0.15) is 9.97 Å². The first-order chi connectivity index (χ1) is 19.9. The Kier molecular flexibility index (Phi) is 6.63. The number of ether oxygens (including phenoxy) is 1. The van der Waals surface area contributed by atoms with Gasteiger partial charge in [0.25, 0.3) is 11.8 Å². The number of aromatic nitrogens is 4. The predicted molar refractivity (Wildman–Crippen MR) is 149 cm³/mol. The standard InChI is InChI=1S/C29H25N7O5/c30-29-34-25-24(32-15-33-25)26(35-29)41-14-17-8-6-16(7-9-17)13-31-22(38)5-2-12-36-27(39)19-4-1-3-18-21(37)11-10-20(23(18)19)28(36)40/h1,3-4,6-11,15,37H,2,5,12-14H2,(H,31,38)(H3,30,32,33,34,35). The largest absolute Gasteiger partial charge is 0.507 e. The van der Waals surface area contributed by atoms with E-state index in [-0.39, 0.29) is 37.2 Å². The van der Waals surface area contributed by atoms with Crippen molar-refractivity contribution < 1.29 is 24.2 Å². The third kappa shape index (κ3) is 4.98. The number of phenols is 1. The maximum absolute atomic E-state index is 13.0. The van der Waals surface area contributed by atoms with Gasteiger partial charge >= 0.3 is 0 Å². The number of anilines is 1. The van der Waals surface area contributed by atoms with E-state index in [1.165, 1.54) is 18.5 Å². The third-order valence-electron chi connectivity index (χ3n) is 6.91. The molecule has 5 aromatic rings. The van der Waals surface area contributed by atoms with Crippen molar-refractivity contribution in [2.45, 2.75) is 26.0 Å². The van der Waals surface area contributed by atoms with E-state index in [0.29, 0.717) is 51.9 Å². The number of nitrogens with two attached hydrogens (primary N) is 1. The summed E-state index contributed by atoms with van der Waals surface area (Å²) in [4.78, 5) is 54.8. The van der Waals surface area contributed by atoms with Gasteiger partial charge in [0.1, 0.15) is 17.9 Å². The molecule has 0 atom stereocenters. The fourth-order valence-electron chi connectivity index (χ4n) is 4.85. The Bertz CT molecular complexity index is 1790. The van der Waals surface area contributed by atoms with Crippen LogP contribution in [-0.4, -0.2) is 54.2 Å². The van der Waals surface area contributed by atoms with E-state index in [1.54, 1.807) is 18.2 Å². The van der Waals surface area contributed by atoms with Crippen LogP contribution in [0.15, 0.2) is 60.9 Å². The molecule has 2 aromatic heterocycles. The highest BCUT2D eigenvalue weighted by atomic mass is 16.5. The van der Waals surface area contributed by atoms with Crippen molar-refractivity contribution >= 4 is 45.6 Å². The molecule has 0 fully saturated rings. The van der Waals surface area contributed by atoms with E-state index in [1.807, 2.05) is 24.3 Å². The number of aromatic hydroxyl groups is 1. The third-order valence-corrected chi connectivity index (χ3v) is 6.91. The number of hydrogen-bond acceptors (Lipinski definition) is 9. The number of rotatable bonds is 9. The Morgan fingerprint density at radius 1 is 1.00 bits per heavy atom. The molecule has 206 valence electrons. The number of phenolic OH excluding ortho intramolecular Hbond substituents is 1. The fraction of sp³-hybridized carbons (Fsp3) is 0.172. The summed E-state index contributed by atoms with van der Waals surface area (Å²) in [6, 6.07) is 15.5. The summed E-state index contributed by atoms with van der Waals surface area (Å²) >= 11 is 0. The molecule has 12 heteroatoms. The van der Waals surface area contributed by atoms with Crippen LogP contribution in [0.5, 0.6) is 11.6 Å². The molecule has 5 N–H and O–H groups in total. The first-order valence-corrected chi connectivity index (χ1v) is 12.9. The molecule has 41 heavy (non-hydrogen) atoms. The van der Waals surface area contributed by atoms with Crippen LogP contribution in [0.25, 0.3) is 21.9 Å². The Hall–Kier alpha value is -5.52. The average Bonchev–Trinajstić information content (AvgIpc) is 3.45. The number of benzene rings is 3. The number of aromatic amines is 1. The maximum atomic E-state index is 13.0. The lowest BCUT2D eigenvalue weighted by atomic mass is 9.93. The van der Waals surface area contributed by atoms with Crippen molar-refractivity contribution in [3.8, 4) is 11.6 Å². The van der Waals surface area contributed by atoms with Gasteiger partial charge in [-0.1, -0.05) is 36.4 Å². The number of carbonyl (C=O) groups is 3. The van der Waals surface area contributed by atoms with Crippen molar-refractivity contribution in [1.29, 1.82) is 0 Å². The first kappa shape index (κ1) is 25.7. The molecule has 0 radical (unpaired) electrons. The second-order valence-corrected chi connectivity index (χ2v) is 9.60. The van der Waals surface area contributed by atoms with Crippen LogP contribution in [0.4, 0.5) is 5.95 Å². The Morgan fingerprint density at radius 3 is 2.56 bits per heavy atom. The summed E-state index contributed by atoms with van der Waals surface area (Å²) in [5, 5.41) is 13.9. The molecule has 0 saturated carbocycles. The number of H-pyrrole nitrogens is 1. The number of imide groups is 1. The van der Waals surface area contributed by atoms with Crippen molar-refractivity contribution in [2.75, 3.05) is 12.3 Å². The molecule has 0 spiro atoms. The zero-order chi connectivity index (χ0) is 28.5. The number of hydrogen-bond donors (Lipinski definition) is 4. The molecule has 0 saturated heterocycles. The second kappa shape index (κ2) is 10.6. The van der Waals surface area contributed by atoms with Gasteiger partial charge in [-0.15, -0.1) is 0 Å². The minimum absolute atomic E-state index is 0.0168. The number of fused-ring (bicyclic) bond motifs is 1. The van der Waals surface area contributed by atoms with Crippen LogP contribution in [0.1, 0.15) is 44.7 Å². The van der Waals surface area contributed by atoms with E-state index in [0.717, 1.165) is 16.0 Å². The quantitative estimate of drug-likeness (QED) is 0.201. The Morgan fingerprint density at radius 2 is 1.76 bits per heavy atom. The van der Waals surface area contributed by atoms with Gasteiger partial charge in [-0.05, 0) is 35.7 Å². The van der Waals surface area contributed by atoms with Gasteiger partial charge in [0, 0.05) is 41.4 Å². The van der Waals surface area contributed by atoms with Crippen LogP contribution < -0.4 is 15.8 Å². The molecule has 0 unspecified atom stereocenters. The van der Waals surface area contributed by atoms with Gasteiger partial charge in [0.05, 0.1) is 6.33 Å². The number of nitrogen functional groups attached to an aromatic ring is 1. The zero-order valence-electron chi connectivity index (χ0n) is 21.8. The summed E-state index contributed by atoms with van der Waals surface area (Å²) in [7, 11) is 0. The monoisotopic (exact) mass is 551 g/mol. The molecule has 0 bridgehead atoms. The second-order valence-electron chi connectivity index (χ2n) is 9.60. The molecule has 1 aliphatic rings. The average molecular weight is 552 g/mol. The highest BCUT2D eigenvalue weighted by molar-refractivity contribution is 6.26. The summed E-state index contributed by atoms with van der Waals surface area (Å²) in [5.41, 5.74) is 9.23. The number of nitrogens with zero attached hydrogens (tertiary/aromatic N) is 4. The van der Waals surface area contributed by atoms with Crippen LogP contribution in [-0.2, 0) is 17.9 Å². The van der Waals surface area contributed by atoms with E-state index in [4.69, 9.17) is 10.5 Å². The summed E-state index contributed by atoms with van der Waals surface area (Å²) in [5.74, 6) is -0.644. The minimum Gasteiger partial charge on any atom is -0.507 e. The van der Waals surface area contributed by atoms with Gasteiger partial charge < -0.3 is 25.9 Å². The molecule has 0 aliphatic carbocycles. The lowest BCUT2D eigenvalue weighted by Gasteiger charge is -2.27. The maximum Gasteiger partial charge on any atom is 0.261 e. The van der Waals surface area contributed by atoms with Crippen LogP contribution in [0.3, 0.4) is 0 Å². The molecule has 3 amide bonds. The fourth-order valence-corrected chi connectivity index (χ4v) is 4.85. The zero-order valence-corrected chi connectivity index (χ0v) is 21.8. The lowest BCUT2D eigenvalue weighted by Crippen LogP contribution is -2.41. The van der Waals surface area contributed by atoms with Crippen LogP contribution in [0.2, 0.25) is 0 Å². The lowest BCUT2D eigenvalue weighted by molar-refractivity contribution is -0.121. The Balaban J connectivity index is 0.989. The van der Waals surface area contributed by atoms with Crippen molar-refractivity contribution in [3.63, 3.8) is 0 Å². The van der Waals surface area contributed by atoms with Crippen molar-refractivity contribution in [1.82, 2.24) is 30.2 Å². The van der Waals surface area contributed by atoms with E-state index in [9.17, 15) is 19.5 Å². The highest BCUT2D eigenvalue weighted by Gasteiger charge is 2.33. The molecule has 12 nitrogen and oxygen atoms in total. The van der Waals surface area contributed by atoms with Gasteiger partial charge in [0.15, 0.2) is 5.65 Å². The number of carbonyl (C=O) groups excluding carboxylic acids is 3. The molecular formula is C29H25N7O5. The van der Waals surface area contributed by atoms with Gasteiger partial charge in [-0.25, -0.2) is 4.98 Å². The van der Waals surface area contributed by atoms with E-state index in [2.05, 4.69) is 25.3 Å². The number of amides is 3. The predicted octanol–water partition coefficient (Wildman–Crippen LogP) is 3.07. The smallest absolute Gasteiger partial charge is 0.261 e. The van der Waals surface area contributed by atoms with Gasteiger partial charge in [-0.3, -0.25) is 19.3 Å². The van der Waals surface area contributed by atoms with E-state index >= 15 is 0 Å². The molecule has 3 heterocycles. The van der Waals surface area contributed by atoms with Crippen molar-refractivity contribution in [2.24, 2.45) is 0 Å². The minimum atomic E-state index is -0.430. The first-order valence-electron chi connectivity index (χ1n) is 12.9. The van der Waals surface area contributed by atoms with Crippen LogP contribution in [0, 0.1) is 0 Å². The number of nitrogens with one attached hydrogen (secondary N) is 2. The Labute approximate surface area is 233 Å². The SMILES string of the molecule is Nc1nc(OCc2ccc(CNC(=O)CCCN3C(=O)c4cccc5c(O)ccc(c45)C3=O)cc2)c2[nH]cnc2n1. The topological polar surface area (TPSA) is 176 Å². The van der Waals surface area contributed by atoms with Gasteiger partial charge in [0.2, 0.25) is 17.7 Å². The summed E-state index contributed by atoms with van der Waals surface area (Å²) < 4.78 is 5.80. The number of imidazole rings is 1. The highest BCUT2D eigenvalue weighted by Crippen LogP contribution is 2.34. The van der Waals surface area contributed by atoms with Crippen molar-refractivity contribution in [3.05, 3.63) is 83.2 Å². The molecule has 3 aromatic carbocycles. The normalized spacial score (nSPS) is 12.7. The summed E-state index contributed by atoms with van der Waals surface area (Å²) in [6.07, 6.45) is 1.97. The molecule has 1 aliphatic heterocycles. The van der Waals surface area contributed by atoms with E-state index < -0.39 is 11.8 Å². The van der Waals surface area contributed by atoms with Crippen LogP contribution >= 0.6 is 0 Å².